The van der Waals surface area contributed by atoms with Crippen LogP contribution in [0.2, 0.25) is 0 Å². The first-order valence-electron chi connectivity index (χ1n) is 6.75. The van der Waals surface area contributed by atoms with Crippen molar-refractivity contribution in [3.05, 3.63) is 22.2 Å². The maximum Gasteiger partial charge on any atom is 0.276 e. The van der Waals surface area contributed by atoms with Crippen LogP contribution in [0.4, 0.5) is 17.3 Å². The predicted molar refractivity (Wildman–Crippen MR) is 81.1 cm³/mol. The number of anilines is 2. The van der Waals surface area contributed by atoms with E-state index in [0.29, 0.717) is 18.4 Å². The van der Waals surface area contributed by atoms with Crippen molar-refractivity contribution in [2.75, 3.05) is 51.0 Å². The van der Waals surface area contributed by atoms with Gasteiger partial charge in [0.1, 0.15) is 11.6 Å². The van der Waals surface area contributed by atoms with Gasteiger partial charge in [0.15, 0.2) is 0 Å². The molecule has 1 aromatic heterocycles. The lowest BCUT2D eigenvalue weighted by Gasteiger charge is -2.37. The average molecular weight is 295 g/mol. The summed E-state index contributed by atoms with van der Waals surface area (Å²) >= 11 is 0. The number of hydrogen-bond donors (Lipinski definition) is 3. The summed E-state index contributed by atoms with van der Waals surface area (Å²) in [6, 6.07) is 3.04. The molecule has 0 radical (unpaired) electrons. The SMILES string of the molecule is CN1CCN(C)C(CNc2cc([N+](=O)[O-])cc(NN)n2)C1. The van der Waals surface area contributed by atoms with Crippen molar-refractivity contribution in [3.63, 3.8) is 0 Å². The van der Waals surface area contributed by atoms with Crippen molar-refractivity contribution in [1.82, 2.24) is 14.8 Å². The van der Waals surface area contributed by atoms with Crippen molar-refractivity contribution < 1.29 is 4.92 Å². The molecule has 0 aliphatic carbocycles. The molecule has 1 aliphatic rings. The molecule has 116 valence electrons. The minimum atomic E-state index is -0.464. The molecule has 4 N–H and O–H groups in total. The van der Waals surface area contributed by atoms with Gasteiger partial charge in [0.2, 0.25) is 0 Å². The lowest BCUT2D eigenvalue weighted by atomic mass is 10.2. The first-order valence-corrected chi connectivity index (χ1v) is 6.75. The molecule has 1 aromatic rings. The van der Waals surface area contributed by atoms with Gasteiger partial charge >= 0.3 is 0 Å². The Balaban J connectivity index is 2.05. The molecule has 0 spiro atoms. The van der Waals surface area contributed by atoms with E-state index in [4.69, 9.17) is 5.84 Å². The van der Waals surface area contributed by atoms with Crippen molar-refractivity contribution >= 4 is 17.3 Å². The molecule has 1 saturated heterocycles. The summed E-state index contributed by atoms with van der Waals surface area (Å²) in [4.78, 5) is 19.1. The highest BCUT2D eigenvalue weighted by Crippen LogP contribution is 2.20. The van der Waals surface area contributed by atoms with Gasteiger partial charge in [0, 0.05) is 32.2 Å². The van der Waals surface area contributed by atoms with Crippen LogP contribution in [0.5, 0.6) is 0 Å². The molecule has 9 nitrogen and oxygen atoms in total. The summed E-state index contributed by atoms with van der Waals surface area (Å²) in [5.41, 5.74) is 2.30. The van der Waals surface area contributed by atoms with Crippen LogP contribution in [0.3, 0.4) is 0 Å². The lowest BCUT2D eigenvalue weighted by molar-refractivity contribution is -0.384. The van der Waals surface area contributed by atoms with Crippen molar-refractivity contribution in [1.29, 1.82) is 0 Å². The molecule has 1 aliphatic heterocycles. The second kappa shape index (κ2) is 6.66. The van der Waals surface area contributed by atoms with E-state index in [1.807, 2.05) is 0 Å². The number of nitro groups is 1. The second-order valence-electron chi connectivity index (χ2n) is 5.27. The zero-order valence-electron chi connectivity index (χ0n) is 12.2. The predicted octanol–water partition coefficient (Wildman–Crippen LogP) is -0.0669. The lowest BCUT2D eigenvalue weighted by Crippen LogP contribution is -2.52. The van der Waals surface area contributed by atoms with Gasteiger partial charge in [0.25, 0.3) is 5.69 Å². The molecule has 1 fully saturated rings. The van der Waals surface area contributed by atoms with Gasteiger partial charge in [-0.05, 0) is 14.1 Å². The normalized spacial score (nSPS) is 20.2. The molecule has 1 atom stereocenters. The van der Waals surface area contributed by atoms with Crippen LogP contribution in [0, 0.1) is 10.1 Å². The highest BCUT2D eigenvalue weighted by Gasteiger charge is 2.22. The minimum Gasteiger partial charge on any atom is -0.368 e. The third-order valence-electron chi connectivity index (χ3n) is 3.67. The smallest absolute Gasteiger partial charge is 0.276 e. The zero-order chi connectivity index (χ0) is 15.4. The van der Waals surface area contributed by atoms with Gasteiger partial charge in [-0.3, -0.25) is 15.0 Å². The minimum absolute atomic E-state index is 0.0467. The van der Waals surface area contributed by atoms with Crippen LogP contribution >= 0.6 is 0 Å². The van der Waals surface area contributed by atoms with Crippen LogP contribution in [0.15, 0.2) is 12.1 Å². The molecule has 21 heavy (non-hydrogen) atoms. The third kappa shape index (κ3) is 4.00. The van der Waals surface area contributed by atoms with Crippen LogP contribution in [0.1, 0.15) is 0 Å². The summed E-state index contributed by atoms with van der Waals surface area (Å²) in [5, 5.41) is 14.0. The number of nitrogens with zero attached hydrogens (tertiary/aromatic N) is 4. The number of nitrogen functional groups attached to an aromatic ring is 1. The second-order valence-corrected chi connectivity index (χ2v) is 5.27. The summed E-state index contributed by atoms with van der Waals surface area (Å²) in [5.74, 6) is 6.00. The fourth-order valence-corrected chi connectivity index (χ4v) is 2.33. The number of likely N-dealkylation sites (N-methyl/N-ethyl adjacent to an activating group) is 2. The molecule has 0 saturated carbocycles. The Bertz CT molecular complexity index is 510. The van der Waals surface area contributed by atoms with E-state index in [0.717, 1.165) is 19.6 Å². The van der Waals surface area contributed by atoms with Crippen molar-refractivity contribution in [2.24, 2.45) is 5.84 Å². The number of piperazine rings is 1. The van der Waals surface area contributed by atoms with E-state index in [9.17, 15) is 10.1 Å². The van der Waals surface area contributed by atoms with Gasteiger partial charge in [-0.25, -0.2) is 10.8 Å². The number of hydrogen-bond acceptors (Lipinski definition) is 8. The maximum atomic E-state index is 10.9. The van der Waals surface area contributed by atoms with Gasteiger partial charge in [0.05, 0.1) is 17.1 Å². The van der Waals surface area contributed by atoms with E-state index < -0.39 is 4.92 Å². The zero-order valence-corrected chi connectivity index (χ0v) is 12.2. The fraction of sp³-hybridized carbons (Fsp3) is 0.583. The summed E-state index contributed by atoms with van der Waals surface area (Å²) in [7, 11) is 4.16. The monoisotopic (exact) mass is 295 g/mol. The molecule has 2 rings (SSSR count). The molecule has 2 heterocycles. The van der Waals surface area contributed by atoms with Crippen molar-refractivity contribution in [3.8, 4) is 0 Å². The average Bonchev–Trinajstić information content (AvgIpc) is 2.47. The van der Waals surface area contributed by atoms with Gasteiger partial charge in [-0.2, -0.15) is 0 Å². The van der Waals surface area contributed by atoms with Gasteiger partial charge in [-0.15, -0.1) is 0 Å². The fourth-order valence-electron chi connectivity index (χ4n) is 2.33. The highest BCUT2D eigenvalue weighted by molar-refractivity contribution is 5.54. The number of nitrogens with two attached hydrogens (primary N) is 1. The van der Waals surface area contributed by atoms with E-state index in [1.54, 1.807) is 0 Å². The van der Waals surface area contributed by atoms with E-state index in [-0.39, 0.29) is 11.5 Å². The summed E-state index contributed by atoms with van der Waals surface area (Å²) in [6.07, 6.45) is 0. The molecular formula is C12H21N7O2. The number of aromatic nitrogens is 1. The Morgan fingerprint density at radius 3 is 2.81 bits per heavy atom. The van der Waals surface area contributed by atoms with Crippen LogP contribution in [-0.2, 0) is 0 Å². The first kappa shape index (κ1) is 15.4. The van der Waals surface area contributed by atoms with Crippen molar-refractivity contribution in [2.45, 2.75) is 6.04 Å². The van der Waals surface area contributed by atoms with E-state index in [1.165, 1.54) is 12.1 Å². The number of pyridine rings is 1. The number of rotatable bonds is 5. The number of nitrogens with one attached hydrogen (secondary N) is 2. The largest absolute Gasteiger partial charge is 0.368 e. The van der Waals surface area contributed by atoms with Crippen LogP contribution in [-0.4, -0.2) is 66.0 Å². The molecule has 0 bridgehead atoms. The third-order valence-corrected chi connectivity index (χ3v) is 3.67. The number of hydrazine groups is 1. The quantitative estimate of drug-likeness (QED) is 0.393. The Kier molecular flexibility index (Phi) is 4.89. The topological polar surface area (TPSA) is 113 Å². The Morgan fingerprint density at radius 1 is 1.43 bits per heavy atom. The van der Waals surface area contributed by atoms with E-state index >= 15 is 0 Å². The Labute approximate surface area is 123 Å². The van der Waals surface area contributed by atoms with Gasteiger partial charge in [-0.1, -0.05) is 0 Å². The standard InChI is InChI=1S/C12H21N7O2/c1-17-3-4-18(2)10(8-17)7-14-11-5-9(19(20)21)6-12(15-11)16-13/h5-6,10H,3-4,7-8,13H2,1-2H3,(H2,14,15,16). The molecule has 0 amide bonds. The molecular weight excluding hydrogens is 274 g/mol. The molecule has 1 unspecified atom stereocenters. The Hall–Kier alpha value is -1.97. The summed E-state index contributed by atoms with van der Waals surface area (Å²) in [6.45, 7) is 3.66. The molecule has 9 heteroatoms. The summed E-state index contributed by atoms with van der Waals surface area (Å²) < 4.78 is 0. The molecule has 0 aromatic carbocycles. The Morgan fingerprint density at radius 2 is 2.14 bits per heavy atom. The highest BCUT2D eigenvalue weighted by atomic mass is 16.6. The van der Waals surface area contributed by atoms with Crippen LogP contribution in [0.25, 0.3) is 0 Å². The first-order chi connectivity index (χ1) is 9.99. The maximum absolute atomic E-state index is 10.9. The van der Waals surface area contributed by atoms with Crippen LogP contribution < -0.4 is 16.6 Å². The van der Waals surface area contributed by atoms with E-state index in [2.05, 4.69) is 39.6 Å². The van der Waals surface area contributed by atoms with Gasteiger partial charge < -0.3 is 15.6 Å².